The summed E-state index contributed by atoms with van der Waals surface area (Å²) in [7, 11) is 0. The maximum absolute atomic E-state index is 10.2. The van der Waals surface area contributed by atoms with E-state index in [1.165, 1.54) is 12.8 Å². The van der Waals surface area contributed by atoms with Crippen molar-refractivity contribution in [3.8, 4) is 0 Å². The maximum atomic E-state index is 10.2. The first-order chi connectivity index (χ1) is 6.64. The molecule has 0 aromatic carbocycles. The van der Waals surface area contributed by atoms with Gasteiger partial charge in [0.1, 0.15) is 0 Å². The fourth-order valence-corrected chi connectivity index (χ4v) is 3.33. The Kier molecular flexibility index (Phi) is 3.55. The topological polar surface area (TPSA) is 20.2 Å². The highest BCUT2D eigenvalue weighted by molar-refractivity contribution is 4.93. The minimum atomic E-state index is -0.0945. The van der Waals surface area contributed by atoms with Crippen molar-refractivity contribution in [2.24, 2.45) is 22.7 Å². The van der Waals surface area contributed by atoms with E-state index in [0.29, 0.717) is 17.3 Å². The molecule has 1 N–H and O–H groups in total. The van der Waals surface area contributed by atoms with Gasteiger partial charge in [-0.25, -0.2) is 0 Å². The molecule has 90 valence electrons. The van der Waals surface area contributed by atoms with Crippen LogP contribution in [-0.4, -0.2) is 11.2 Å². The number of rotatable bonds is 0. The number of hydrogen-bond donors (Lipinski definition) is 1. The van der Waals surface area contributed by atoms with Crippen molar-refractivity contribution < 1.29 is 5.11 Å². The first-order valence-corrected chi connectivity index (χ1v) is 6.32. The van der Waals surface area contributed by atoms with Crippen LogP contribution in [0.3, 0.4) is 0 Å². The molecule has 1 rings (SSSR count). The van der Waals surface area contributed by atoms with E-state index in [9.17, 15) is 5.11 Å². The molecule has 1 saturated carbocycles. The van der Waals surface area contributed by atoms with Gasteiger partial charge >= 0.3 is 0 Å². The van der Waals surface area contributed by atoms with Crippen molar-refractivity contribution in [1.29, 1.82) is 0 Å². The smallest absolute Gasteiger partial charge is 0.0576 e. The Labute approximate surface area is 95.3 Å². The van der Waals surface area contributed by atoms with E-state index in [1.54, 1.807) is 0 Å². The predicted octanol–water partition coefficient (Wildman–Crippen LogP) is 3.86. The number of aliphatic hydroxyl groups is 1. The molecule has 0 heterocycles. The van der Waals surface area contributed by atoms with E-state index in [4.69, 9.17) is 0 Å². The van der Waals surface area contributed by atoms with Crippen LogP contribution >= 0.6 is 0 Å². The van der Waals surface area contributed by atoms with E-state index in [0.717, 1.165) is 6.42 Å². The summed E-state index contributed by atoms with van der Waals surface area (Å²) in [6.07, 6.45) is 3.37. The Balaban J connectivity index is 2.93. The third-order valence-electron chi connectivity index (χ3n) is 3.98. The summed E-state index contributed by atoms with van der Waals surface area (Å²) < 4.78 is 0. The summed E-state index contributed by atoms with van der Waals surface area (Å²) >= 11 is 0. The van der Waals surface area contributed by atoms with Crippen molar-refractivity contribution in [2.45, 2.75) is 66.9 Å². The average Bonchev–Trinajstić information content (AvgIpc) is 1.99. The lowest BCUT2D eigenvalue weighted by Crippen LogP contribution is -2.45. The van der Waals surface area contributed by atoms with Gasteiger partial charge < -0.3 is 5.11 Å². The second-order valence-electron chi connectivity index (χ2n) is 7.36. The van der Waals surface area contributed by atoms with Crippen LogP contribution in [0.25, 0.3) is 0 Å². The Morgan fingerprint density at radius 3 is 1.73 bits per heavy atom. The largest absolute Gasteiger partial charge is 0.393 e. The predicted molar refractivity (Wildman–Crippen MR) is 65.7 cm³/mol. The van der Waals surface area contributed by atoms with Gasteiger partial charge in [-0.05, 0) is 35.5 Å². The fourth-order valence-electron chi connectivity index (χ4n) is 3.33. The van der Waals surface area contributed by atoms with Crippen molar-refractivity contribution in [3.63, 3.8) is 0 Å². The van der Waals surface area contributed by atoms with Gasteiger partial charge in [-0.15, -0.1) is 0 Å². The zero-order chi connectivity index (χ0) is 11.9. The average molecular weight is 212 g/mol. The molecule has 0 aromatic heterocycles. The Morgan fingerprint density at radius 1 is 0.867 bits per heavy atom. The van der Waals surface area contributed by atoms with Crippen LogP contribution in [0.1, 0.15) is 60.8 Å². The van der Waals surface area contributed by atoms with Crippen LogP contribution in [0.5, 0.6) is 0 Å². The summed E-state index contributed by atoms with van der Waals surface area (Å²) in [4.78, 5) is 0. The van der Waals surface area contributed by atoms with Crippen LogP contribution in [0.4, 0.5) is 0 Å². The zero-order valence-electron chi connectivity index (χ0n) is 11.3. The Bertz CT molecular complexity index is 206. The highest BCUT2D eigenvalue weighted by Gasteiger charge is 2.44. The molecule has 1 fully saturated rings. The molecular formula is C14H28O. The summed E-state index contributed by atoms with van der Waals surface area (Å²) in [5.41, 5.74) is 0.539. The molecule has 15 heavy (non-hydrogen) atoms. The van der Waals surface area contributed by atoms with Crippen molar-refractivity contribution in [3.05, 3.63) is 0 Å². The minimum absolute atomic E-state index is 0.0945. The zero-order valence-corrected chi connectivity index (χ0v) is 11.3. The van der Waals surface area contributed by atoms with Crippen molar-refractivity contribution in [1.82, 2.24) is 0 Å². The molecule has 1 heteroatoms. The van der Waals surface area contributed by atoms with Gasteiger partial charge in [0.15, 0.2) is 0 Å². The van der Waals surface area contributed by atoms with Crippen LogP contribution in [-0.2, 0) is 0 Å². The Morgan fingerprint density at radius 2 is 1.40 bits per heavy atom. The highest BCUT2D eigenvalue weighted by atomic mass is 16.3. The molecule has 1 aliphatic carbocycles. The molecule has 0 aromatic rings. The van der Waals surface area contributed by atoms with Gasteiger partial charge in [0.2, 0.25) is 0 Å². The molecule has 0 aliphatic heterocycles. The third-order valence-corrected chi connectivity index (χ3v) is 3.98. The van der Waals surface area contributed by atoms with Gasteiger partial charge in [-0.3, -0.25) is 0 Å². The summed E-state index contributed by atoms with van der Waals surface area (Å²) in [5, 5.41) is 10.2. The van der Waals surface area contributed by atoms with Crippen LogP contribution in [0.2, 0.25) is 0 Å². The van der Waals surface area contributed by atoms with E-state index in [1.807, 2.05) is 0 Å². The van der Waals surface area contributed by atoms with Crippen LogP contribution in [0, 0.1) is 22.7 Å². The standard InChI is InChI=1S/C14H28O/c1-13(2,3)10-8-7-9-11(15)12(10)14(4,5)6/h10-12,15H,7-9H2,1-6H3. The first kappa shape index (κ1) is 13.0. The molecule has 0 radical (unpaired) electrons. The van der Waals surface area contributed by atoms with Gasteiger partial charge in [0.05, 0.1) is 6.10 Å². The third kappa shape index (κ3) is 2.96. The van der Waals surface area contributed by atoms with Crippen LogP contribution in [0.15, 0.2) is 0 Å². The van der Waals surface area contributed by atoms with E-state index < -0.39 is 0 Å². The lowest BCUT2D eigenvalue weighted by molar-refractivity contribution is -0.0628. The highest BCUT2D eigenvalue weighted by Crippen LogP contribution is 2.48. The molecule has 0 amide bonds. The molecule has 1 aliphatic rings. The molecule has 0 spiro atoms. The molecule has 1 nitrogen and oxygen atoms in total. The SMILES string of the molecule is CC(C)(C)C1CCCC(O)C1C(C)(C)C. The summed E-state index contributed by atoms with van der Waals surface area (Å²) in [5.74, 6) is 1.10. The van der Waals surface area contributed by atoms with E-state index in [2.05, 4.69) is 41.5 Å². The second-order valence-corrected chi connectivity index (χ2v) is 7.36. The van der Waals surface area contributed by atoms with Crippen molar-refractivity contribution >= 4 is 0 Å². The Hall–Kier alpha value is -0.0400. The van der Waals surface area contributed by atoms with Crippen LogP contribution < -0.4 is 0 Å². The van der Waals surface area contributed by atoms with Gasteiger partial charge in [0.25, 0.3) is 0 Å². The van der Waals surface area contributed by atoms with Gasteiger partial charge in [-0.2, -0.15) is 0 Å². The first-order valence-electron chi connectivity index (χ1n) is 6.32. The summed E-state index contributed by atoms with van der Waals surface area (Å²) in [6.45, 7) is 13.7. The quantitative estimate of drug-likeness (QED) is 0.646. The normalized spacial score (nSPS) is 34.2. The number of aliphatic hydroxyl groups excluding tert-OH is 1. The molecule has 3 atom stereocenters. The molecule has 0 bridgehead atoms. The van der Waals surface area contributed by atoms with Crippen molar-refractivity contribution in [2.75, 3.05) is 0 Å². The second kappa shape index (κ2) is 4.08. The summed E-state index contributed by atoms with van der Waals surface area (Å²) in [6, 6.07) is 0. The van der Waals surface area contributed by atoms with E-state index >= 15 is 0 Å². The van der Waals surface area contributed by atoms with Gasteiger partial charge in [-0.1, -0.05) is 48.0 Å². The van der Waals surface area contributed by atoms with Gasteiger partial charge in [0, 0.05) is 0 Å². The lowest BCUT2D eigenvalue weighted by Gasteiger charge is -2.49. The minimum Gasteiger partial charge on any atom is -0.393 e. The lowest BCUT2D eigenvalue weighted by atomic mass is 9.58. The number of hydrogen-bond acceptors (Lipinski definition) is 1. The monoisotopic (exact) mass is 212 g/mol. The maximum Gasteiger partial charge on any atom is 0.0576 e. The molecule has 3 unspecified atom stereocenters. The molecular weight excluding hydrogens is 184 g/mol. The van der Waals surface area contributed by atoms with E-state index in [-0.39, 0.29) is 11.5 Å². The fraction of sp³-hybridized carbons (Fsp3) is 1.00. The molecule has 0 saturated heterocycles.